The van der Waals surface area contributed by atoms with Crippen molar-refractivity contribution in [2.24, 2.45) is 5.41 Å². The number of amides is 2. The van der Waals surface area contributed by atoms with E-state index in [1.165, 1.54) is 16.0 Å². The van der Waals surface area contributed by atoms with Gasteiger partial charge in [0.1, 0.15) is 0 Å². The molecular weight excluding hydrogens is 418 g/mol. The molecule has 6 heteroatoms. The minimum Gasteiger partial charge on any atom is -0.341 e. The Hall–Kier alpha value is -2.18. The van der Waals surface area contributed by atoms with Crippen LogP contribution < -0.4 is 0 Å². The summed E-state index contributed by atoms with van der Waals surface area (Å²) in [5.41, 5.74) is 2.32. The SMILES string of the molecule is CC(C)(C)C(=O)N1CCCN(C(=O)CCN2CCc3sccc3C2c2ccccc2)CC1. The predicted octanol–water partition coefficient (Wildman–Crippen LogP) is 4.19. The van der Waals surface area contributed by atoms with Gasteiger partial charge >= 0.3 is 0 Å². The number of rotatable bonds is 4. The molecule has 0 aliphatic carbocycles. The summed E-state index contributed by atoms with van der Waals surface area (Å²) in [5.74, 6) is 0.385. The molecule has 2 aromatic rings. The Kier molecular flexibility index (Phi) is 7.01. The minimum absolute atomic E-state index is 0.178. The zero-order valence-corrected chi connectivity index (χ0v) is 20.4. The van der Waals surface area contributed by atoms with Crippen LogP contribution in [0.25, 0.3) is 0 Å². The van der Waals surface area contributed by atoms with Gasteiger partial charge in [-0.3, -0.25) is 14.5 Å². The predicted molar refractivity (Wildman–Crippen MR) is 130 cm³/mol. The molecule has 32 heavy (non-hydrogen) atoms. The summed E-state index contributed by atoms with van der Waals surface area (Å²) >= 11 is 1.85. The van der Waals surface area contributed by atoms with E-state index >= 15 is 0 Å². The van der Waals surface area contributed by atoms with Crippen molar-refractivity contribution in [2.75, 3.05) is 39.3 Å². The molecule has 1 aromatic heterocycles. The molecular formula is C26H35N3O2S. The molecule has 0 N–H and O–H groups in total. The highest BCUT2D eigenvalue weighted by molar-refractivity contribution is 7.10. The van der Waals surface area contributed by atoms with E-state index in [4.69, 9.17) is 0 Å². The lowest BCUT2D eigenvalue weighted by Gasteiger charge is -2.36. The van der Waals surface area contributed by atoms with Gasteiger partial charge in [-0.15, -0.1) is 11.3 Å². The molecule has 1 aromatic carbocycles. The van der Waals surface area contributed by atoms with Gasteiger partial charge in [-0.05, 0) is 35.4 Å². The van der Waals surface area contributed by atoms with Crippen molar-refractivity contribution in [1.29, 1.82) is 0 Å². The van der Waals surface area contributed by atoms with Crippen LogP contribution in [0.1, 0.15) is 55.7 Å². The highest BCUT2D eigenvalue weighted by Crippen LogP contribution is 2.37. The lowest BCUT2D eigenvalue weighted by Crippen LogP contribution is -2.43. The smallest absolute Gasteiger partial charge is 0.228 e. The summed E-state index contributed by atoms with van der Waals surface area (Å²) in [7, 11) is 0. The van der Waals surface area contributed by atoms with Crippen LogP contribution in [0.3, 0.4) is 0 Å². The van der Waals surface area contributed by atoms with Gasteiger partial charge in [-0.2, -0.15) is 0 Å². The largest absolute Gasteiger partial charge is 0.341 e. The van der Waals surface area contributed by atoms with Crippen molar-refractivity contribution in [1.82, 2.24) is 14.7 Å². The van der Waals surface area contributed by atoms with E-state index in [9.17, 15) is 9.59 Å². The van der Waals surface area contributed by atoms with Crippen molar-refractivity contribution >= 4 is 23.2 Å². The lowest BCUT2D eigenvalue weighted by atomic mass is 9.93. The van der Waals surface area contributed by atoms with Crippen molar-refractivity contribution in [3.8, 4) is 0 Å². The third kappa shape index (κ3) is 5.07. The molecule has 1 fully saturated rings. The van der Waals surface area contributed by atoms with E-state index in [-0.39, 0.29) is 23.3 Å². The first-order valence-corrected chi connectivity index (χ1v) is 12.6. The van der Waals surface area contributed by atoms with Crippen molar-refractivity contribution in [3.05, 3.63) is 57.8 Å². The molecule has 0 spiro atoms. The average Bonchev–Trinajstić information content (AvgIpc) is 3.12. The Bertz CT molecular complexity index is 934. The molecule has 1 atom stereocenters. The summed E-state index contributed by atoms with van der Waals surface area (Å²) in [6.45, 7) is 10.4. The molecule has 4 rings (SSSR count). The standard InChI is InChI=1S/C26H35N3O2S/c1-26(2,3)25(31)29-14-7-13-27(17-18-29)23(30)11-16-28-15-10-22-21(12-19-32-22)24(28)20-8-5-4-6-9-20/h4-6,8-9,12,19,24H,7,10-11,13-18H2,1-3H3. The molecule has 2 aliphatic rings. The quantitative estimate of drug-likeness (QED) is 0.697. The van der Waals surface area contributed by atoms with Crippen LogP contribution in [0.2, 0.25) is 0 Å². The van der Waals surface area contributed by atoms with E-state index in [0.717, 1.165) is 39.0 Å². The van der Waals surface area contributed by atoms with Gasteiger partial charge < -0.3 is 9.80 Å². The summed E-state index contributed by atoms with van der Waals surface area (Å²) in [4.78, 5) is 33.6. The molecule has 1 unspecified atom stereocenters. The highest BCUT2D eigenvalue weighted by atomic mass is 32.1. The first-order valence-electron chi connectivity index (χ1n) is 11.8. The van der Waals surface area contributed by atoms with E-state index in [2.05, 4.69) is 46.7 Å². The van der Waals surface area contributed by atoms with Crippen LogP contribution in [0.5, 0.6) is 0 Å². The Morgan fingerprint density at radius 1 is 0.969 bits per heavy atom. The maximum absolute atomic E-state index is 13.1. The molecule has 0 radical (unpaired) electrons. The fourth-order valence-electron chi connectivity index (χ4n) is 4.88. The molecule has 3 heterocycles. The van der Waals surface area contributed by atoms with Gasteiger partial charge in [0.2, 0.25) is 11.8 Å². The number of nitrogens with zero attached hydrogens (tertiary/aromatic N) is 3. The van der Waals surface area contributed by atoms with Crippen LogP contribution in [0.4, 0.5) is 0 Å². The summed E-state index contributed by atoms with van der Waals surface area (Å²) < 4.78 is 0. The molecule has 5 nitrogen and oxygen atoms in total. The second-order valence-corrected chi connectivity index (χ2v) is 10.9. The van der Waals surface area contributed by atoms with Crippen LogP contribution >= 0.6 is 11.3 Å². The number of fused-ring (bicyclic) bond motifs is 1. The van der Waals surface area contributed by atoms with Crippen LogP contribution in [-0.4, -0.2) is 65.8 Å². The summed E-state index contributed by atoms with van der Waals surface area (Å²) in [6.07, 6.45) is 2.43. The van der Waals surface area contributed by atoms with Crippen molar-refractivity contribution in [2.45, 2.75) is 46.1 Å². The second kappa shape index (κ2) is 9.75. The topological polar surface area (TPSA) is 43.9 Å². The summed E-state index contributed by atoms with van der Waals surface area (Å²) in [5, 5.41) is 2.19. The fraction of sp³-hybridized carbons (Fsp3) is 0.538. The number of hydrogen-bond acceptors (Lipinski definition) is 4. The molecule has 0 saturated carbocycles. The molecule has 172 valence electrons. The Labute approximate surface area is 196 Å². The number of hydrogen-bond donors (Lipinski definition) is 0. The molecule has 2 amide bonds. The van der Waals surface area contributed by atoms with Gasteiger partial charge in [-0.25, -0.2) is 0 Å². The zero-order valence-electron chi connectivity index (χ0n) is 19.5. The molecule has 0 bridgehead atoms. The number of carbonyl (C=O) groups is 2. The van der Waals surface area contributed by atoms with Gasteiger partial charge in [0.15, 0.2) is 0 Å². The Morgan fingerprint density at radius 2 is 1.69 bits per heavy atom. The van der Waals surface area contributed by atoms with Crippen LogP contribution in [0.15, 0.2) is 41.8 Å². The van der Waals surface area contributed by atoms with Gasteiger partial charge in [-0.1, -0.05) is 51.1 Å². The Balaban J connectivity index is 1.38. The second-order valence-electron chi connectivity index (χ2n) is 9.92. The van der Waals surface area contributed by atoms with Gasteiger partial charge in [0.25, 0.3) is 0 Å². The van der Waals surface area contributed by atoms with Crippen LogP contribution in [0, 0.1) is 5.41 Å². The first-order chi connectivity index (χ1) is 15.3. The zero-order chi connectivity index (χ0) is 22.7. The average molecular weight is 454 g/mol. The van der Waals surface area contributed by atoms with Crippen LogP contribution in [-0.2, 0) is 16.0 Å². The molecule has 1 saturated heterocycles. The normalized spacial score (nSPS) is 20.0. The number of carbonyl (C=O) groups excluding carboxylic acids is 2. The van der Waals surface area contributed by atoms with Gasteiger partial charge in [0.05, 0.1) is 6.04 Å². The van der Waals surface area contributed by atoms with E-state index in [0.29, 0.717) is 19.5 Å². The number of benzene rings is 1. The molecule has 2 aliphatic heterocycles. The maximum atomic E-state index is 13.1. The first kappa shape index (κ1) is 23.0. The van der Waals surface area contributed by atoms with Gasteiger partial charge in [0, 0.05) is 56.0 Å². The maximum Gasteiger partial charge on any atom is 0.228 e. The Morgan fingerprint density at radius 3 is 2.44 bits per heavy atom. The van der Waals surface area contributed by atoms with E-state index in [1.807, 2.05) is 41.9 Å². The van der Waals surface area contributed by atoms with Crippen molar-refractivity contribution < 1.29 is 9.59 Å². The van der Waals surface area contributed by atoms with Crippen molar-refractivity contribution in [3.63, 3.8) is 0 Å². The lowest BCUT2D eigenvalue weighted by molar-refractivity contribution is -0.140. The fourth-order valence-corrected chi connectivity index (χ4v) is 5.78. The number of thiophene rings is 1. The third-order valence-electron chi connectivity index (χ3n) is 6.57. The van der Waals surface area contributed by atoms with E-state index < -0.39 is 0 Å². The highest BCUT2D eigenvalue weighted by Gasteiger charge is 2.31. The third-order valence-corrected chi connectivity index (χ3v) is 7.57. The minimum atomic E-state index is -0.375. The van der Waals surface area contributed by atoms with E-state index in [1.54, 1.807) is 0 Å². The summed E-state index contributed by atoms with van der Waals surface area (Å²) in [6, 6.07) is 13.1. The monoisotopic (exact) mass is 453 g/mol.